The molecule has 0 saturated carbocycles. The Bertz CT molecular complexity index is 718. The zero-order chi connectivity index (χ0) is 19.6. The van der Waals surface area contributed by atoms with Crippen LogP contribution in [0.3, 0.4) is 0 Å². The van der Waals surface area contributed by atoms with E-state index < -0.39 is 6.09 Å². The summed E-state index contributed by atoms with van der Waals surface area (Å²) < 4.78 is 10.6. The van der Waals surface area contributed by atoms with Gasteiger partial charge in [0.1, 0.15) is 6.61 Å². The summed E-state index contributed by atoms with van der Waals surface area (Å²) in [4.78, 5) is 14.1. The number of hydrogen-bond acceptors (Lipinski definition) is 6. The lowest BCUT2D eigenvalue weighted by Crippen LogP contribution is -2.41. The van der Waals surface area contributed by atoms with E-state index in [1.54, 1.807) is 0 Å². The monoisotopic (exact) mass is 384 g/mol. The molecular formula is C21H28N4O3. The van der Waals surface area contributed by atoms with Crippen LogP contribution in [0.4, 0.5) is 16.2 Å². The Morgan fingerprint density at radius 2 is 1.79 bits per heavy atom. The van der Waals surface area contributed by atoms with Crippen molar-refractivity contribution < 1.29 is 14.3 Å². The van der Waals surface area contributed by atoms with Gasteiger partial charge in [0.05, 0.1) is 13.2 Å². The number of carbonyl (C=O) groups is 1. The van der Waals surface area contributed by atoms with Crippen LogP contribution in [0, 0.1) is 0 Å². The third-order valence-electron chi connectivity index (χ3n) is 4.53. The fourth-order valence-electron chi connectivity index (χ4n) is 2.92. The van der Waals surface area contributed by atoms with Gasteiger partial charge in [0.2, 0.25) is 0 Å². The SMILES string of the molecule is N[C@@H](CNC(=O)OCc1ccccc1)CNc1ccc(N2CCOCC2)cc1. The Morgan fingerprint density at radius 3 is 2.50 bits per heavy atom. The van der Waals surface area contributed by atoms with Crippen molar-refractivity contribution in [1.29, 1.82) is 0 Å². The van der Waals surface area contributed by atoms with Crippen LogP contribution < -0.4 is 21.3 Å². The third-order valence-corrected chi connectivity index (χ3v) is 4.53. The lowest BCUT2D eigenvalue weighted by molar-refractivity contribution is 0.122. The highest BCUT2D eigenvalue weighted by Crippen LogP contribution is 2.18. The summed E-state index contributed by atoms with van der Waals surface area (Å²) in [6.07, 6.45) is -0.464. The number of anilines is 2. The van der Waals surface area contributed by atoms with Crippen molar-refractivity contribution in [3.8, 4) is 0 Å². The smallest absolute Gasteiger partial charge is 0.407 e. The molecule has 1 amide bonds. The quantitative estimate of drug-likeness (QED) is 0.647. The first-order valence-corrected chi connectivity index (χ1v) is 9.57. The fraction of sp³-hybridized carbons (Fsp3) is 0.381. The first-order chi connectivity index (χ1) is 13.7. The highest BCUT2D eigenvalue weighted by Gasteiger charge is 2.11. The summed E-state index contributed by atoms with van der Waals surface area (Å²) in [5.74, 6) is 0. The van der Waals surface area contributed by atoms with Crippen LogP contribution in [-0.2, 0) is 16.1 Å². The molecule has 28 heavy (non-hydrogen) atoms. The lowest BCUT2D eigenvalue weighted by atomic mass is 10.2. The van der Waals surface area contributed by atoms with E-state index in [4.69, 9.17) is 15.2 Å². The molecule has 0 bridgehead atoms. The predicted octanol–water partition coefficient (Wildman–Crippen LogP) is 2.19. The van der Waals surface area contributed by atoms with Crippen LogP contribution in [-0.4, -0.2) is 51.5 Å². The van der Waals surface area contributed by atoms with Gasteiger partial charge in [-0.05, 0) is 29.8 Å². The van der Waals surface area contributed by atoms with Crippen LogP contribution in [0.1, 0.15) is 5.56 Å². The number of amides is 1. The lowest BCUT2D eigenvalue weighted by Gasteiger charge is -2.29. The molecule has 7 nitrogen and oxygen atoms in total. The van der Waals surface area contributed by atoms with Gasteiger partial charge >= 0.3 is 6.09 Å². The summed E-state index contributed by atoms with van der Waals surface area (Å²) in [6.45, 7) is 4.52. The van der Waals surface area contributed by atoms with Gasteiger partial charge in [0.25, 0.3) is 0 Å². The Morgan fingerprint density at radius 1 is 1.07 bits per heavy atom. The minimum absolute atomic E-state index is 0.219. The highest BCUT2D eigenvalue weighted by atomic mass is 16.5. The zero-order valence-corrected chi connectivity index (χ0v) is 16.0. The maximum atomic E-state index is 11.8. The molecule has 1 aliphatic heterocycles. The molecule has 3 rings (SSSR count). The molecule has 0 unspecified atom stereocenters. The fourth-order valence-corrected chi connectivity index (χ4v) is 2.92. The van der Waals surface area contributed by atoms with E-state index in [2.05, 4.69) is 27.7 Å². The van der Waals surface area contributed by atoms with Gasteiger partial charge in [-0.15, -0.1) is 0 Å². The van der Waals surface area contributed by atoms with E-state index in [0.717, 1.165) is 37.6 Å². The van der Waals surface area contributed by atoms with Gasteiger partial charge in [-0.1, -0.05) is 30.3 Å². The van der Waals surface area contributed by atoms with Crippen molar-refractivity contribution in [1.82, 2.24) is 5.32 Å². The largest absolute Gasteiger partial charge is 0.445 e. The van der Waals surface area contributed by atoms with Crippen LogP contribution in [0.5, 0.6) is 0 Å². The molecule has 0 radical (unpaired) electrons. The van der Waals surface area contributed by atoms with E-state index in [-0.39, 0.29) is 12.6 Å². The van der Waals surface area contributed by atoms with E-state index >= 15 is 0 Å². The Balaban J connectivity index is 1.33. The normalized spacial score (nSPS) is 15.0. The molecule has 4 N–H and O–H groups in total. The third kappa shape index (κ3) is 6.44. The van der Waals surface area contributed by atoms with Crippen molar-refractivity contribution >= 4 is 17.5 Å². The average Bonchev–Trinajstić information content (AvgIpc) is 2.76. The Labute approximate surface area is 165 Å². The number of morpholine rings is 1. The molecule has 0 spiro atoms. The summed E-state index contributed by atoms with van der Waals surface area (Å²) in [7, 11) is 0. The summed E-state index contributed by atoms with van der Waals surface area (Å²) in [5.41, 5.74) is 9.21. The molecule has 0 aromatic heterocycles. The van der Waals surface area contributed by atoms with Crippen molar-refractivity contribution in [3.63, 3.8) is 0 Å². The summed E-state index contributed by atoms with van der Waals surface area (Å²) >= 11 is 0. The van der Waals surface area contributed by atoms with Crippen LogP contribution in [0.2, 0.25) is 0 Å². The summed E-state index contributed by atoms with van der Waals surface area (Å²) in [6, 6.07) is 17.6. The molecule has 0 aliphatic carbocycles. The zero-order valence-electron chi connectivity index (χ0n) is 16.0. The number of nitrogens with one attached hydrogen (secondary N) is 2. The number of nitrogens with zero attached hydrogens (tertiary/aromatic N) is 1. The Hall–Kier alpha value is -2.77. The predicted molar refractivity (Wildman–Crippen MR) is 111 cm³/mol. The van der Waals surface area contributed by atoms with Crippen LogP contribution in [0.25, 0.3) is 0 Å². The highest BCUT2D eigenvalue weighted by molar-refractivity contribution is 5.67. The second-order valence-electron chi connectivity index (χ2n) is 6.73. The van der Waals surface area contributed by atoms with Gasteiger partial charge in [-0.3, -0.25) is 0 Å². The molecule has 2 aromatic carbocycles. The molecule has 7 heteroatoms. The van der Waals surface area contributed by atoms with Gasteiger partial charge in [-0.2, -0.15) is 0 Å². The first-order valence-electron chi connectivity index (χ1n) is 9.57. The molecule has 1 saturated heterocycles. The molecule has 150 valence electrons. The maximum absolute atomic E-state index is 11.8. The van der Waals surface area contributed by atoms with Gasteiger partial charge in [0, 0.05) is 43.6 Å². The van der Waals surface area contributed by atoms with E-state index in [1.165, 1.54) is 5.69 Å². The van der Waals surface area contributed by atoms with Crippen LogP contribution >= 0.6 is 0 Å². The standard InChI is InChI=1S/C21H28N4O3/c22-18(15-24-21(26)28-16-17-4-2-1-3-5-17)14-23-19-6-8-20(9-7-19)25-10-12-27-13-11-25/h1-9,18,23H,10-16,22H2,(H,24,26)/t18-/m1/s1. The summed E-state index contributed by atoms with van der Waals surface area (Å²) in [5, 5.41) is 5.99. The van der Waals surface area contributed by atoms with Crippen molar-refractivity contribution in [2.45, 2.75) is 12.6 Å². The van der Waals surface area contributed by atoms with E-state index in [9.17, 15) is 4.79 Å². The van der Waals surface area contributed by atoms with Crippen LogP contribution in [0.15, 0.2) is 54.6 Å². The van der Waals surface area contributed by atoms with Gasteiger partial charge < -0.3 is 30.7 Å². The van der Waals surface area contributed by atoms with Gasteiger partial charge in [-0.25, -0.2) is 4.79 Å². The molecule has 1 fully saturated rings. The average molecular weight is 384 g/mol. The molecule has 2 aromatic rings. The van der Waals surface area contributed by atoms with Gasteiger partial charge in [0.15, 0.2) is 0 Å². The van der Waals surface area contributed by atoms with Crippen molar-refractivity contribution in [2.75, 3.05) is 49.6 Å². The number of ether oxygens (including phenoxy) is 2. The number of rotatable bonds is 8. The molecule has 1 aliphatic rings. The van der Waals surface area contributed by atoms with Crippen molar-refractivity contribution in [2.24, 2.45) is 5.73 Å². The maximum Gasteiger partial charge on any atom is 0.407 e. The number of nitrogens with two attached hydrogens (primary N) is 1. The molecule has 1 atom stereocenters. The van der Waals surface area contributed by atoms with Crippen molar-refractivity contribution in [3.05, 3.63) is 60.2 Å². The first kappa shape index (κ1) is 20.0. The number of benzene rings is 2. The second-order valence-corrected chi connectivity index (χ2v) is 6.73. The topological polar surface area (TPSA) is 88.8 Å². The number of alkyl carbamates (subject to hydrolysis) is 1. The minimum Gasteiger partial charge on any atom is -0.445 e. The molecule has 1 heterocycles. The van der Waals surface area contributed by atoms with E-state index in [0.29, 0.717) is 13.1 Å². The molecular weight excluding hydrogens is 356 g/mol. The van der Waals surface area contributed by atoms with E-state index in [1.807, 2.05) is 42.5 Å². The minimum atomic E-state index is -0.464. The number of hydrogen-bond donors (Lipinski definition) is 3. The second kappa shape index (κ2) is 10.5. The number of carbonyl (C=O) groups excluding carboxylic acids is 1. The Kier molecular flexibility index (Phi) is 7.52.